The smallest absolute Gasteiger partial charge is 0.258 e. The highest BCUT2D eigenvalue weighted by molar-refractivity contribution is 6.07. The van der Waals surface area contributed by atoms with Gasteiger partial charge in [0.25, 0.3) is 5.91 Å². The van der Waals surface area contributed by atoms with Gasteiger partial charge in [0, 0.05) is 24.4 Å². The fraction of sp³-hybridized carbons (Fsp3) is 0.0909. The number of benzene rings is 2. The van der Waals surface area contributed by atoms with Gasteiger partial charge < -0.3 is 15.0 Å². The minimum atomic E-state index is -0.500. The first-order chi connectivity index (χ1) is 15.0. The van der Waals surface area contributed by atoms with E-state index in [2.05, 4.69) is 15.3 Å². The largest absolute Gasteiger partial charge is 0.494 e. The molecule has 4 aromatic rings. The Bertz CT molecular complexity index is 1270. The van der Waals surface area contributed by atoms with Gasteiger partial charge in [0.2, 0.25) is 6.41 Å². The van der Waals surface area contributed by atoms with Crippen LogP contribution < -0.4 is 15.0 Å². The minimum absolute atomic E-state index is 0.0608. The predicted octanol–water partition coefficient (Wildman–Crippen LogP) is 3.41. The molecule has 0 saturated carbocycles. The van der Waals surface area contributed by atoms with Crippen molar-refractivity contribution in [2.24, 2.45) is 0 Å². The van der Waals surface area contributed by atoms with Crippen LogP contribution in [-0.4, -0.2) is 41.0 Å². The molecule has 2 aromatic carbocycles. The third kappa shape index (κ3) is 3.80. The molecule has 0 bridgehead atoms. The lowest BCUT2D eigenvalue weighted by molar-refractivity contribution is -0.105. The summed E-state index contributed by atoms with van der Waals surface area (Å²) in [4.78, 5) is 33.6. The van der Waals surface area contributed by atoms with Gasteiger partial charge in [0.05, 0.1) is 30.0 Å². The Morgan fingerprint density at radius 1 is 1.16 bits per heavy atom. The van der Waals surface area contributed by atoms with E-state index in [0.29, 0.717) is 34.5 Å². The fourth-order valence-corrected chi connectivity index (χ4v) is 3.19. The second-order valence-electron chi connectivity index (χ2n) is 6.66. The fourth-order valence-electron chi connectivity index (χ4n) is 3.19. The minimum Gasteiger partial charge on any atom is -0.494 e. The van der Waals surface area contributed by atoms with E-state index in [-0.39, 0.29) is 11.7 Å². The van der Waals surface area contributed by atoms with Gasteiger partial charge in [0.15, 0.2) is 11.6 Å². The molecule has 0 atom stereocenters. The number of imidazole rings is 1. The molecule has 9 heteroatoms. The molecule has 0 aliphatic rings. The van der Waals surface area contributed by atoms with Gasteiger partial charge >= 0.3 is 0 Å². The molecule has 1 N–H and O–H groups in total. The molecular weight excluding hydrogens is 401 g/mol. The SMILES string of the molecule is COc1cc(N(C)C(=O)c2ccc3ncn(-c4ccc(NC=O)nc4)c3c2)ccc1F. The Labute approximate surface area is 176 Å². The summed E-state index contributed by atoms with van der Waals surface area (Å²) in [6, 6.07) is 12.9. The third-order valence-corrected chi connectivity index (χ3v) is 4.85. The number of carbonyl (C=O) groups excluding carboxylic acids is 2. The van der Waals surface area contributed by atoms with Gasteiger partial charge in [-0.15, -0.1) is 0 Å². The van der Waals surface area contributed by atoms with E-state index in [1.54, 1.807) is 54.5 Å². The number of hydrogen-bond donors (Lipinski definition) is 1. The van der Waals surface area contributed by atoms with Gasteiger partial charge in [-0.25, -0.2) is 14.4 Å². The Hall–Kier alpha value is -4.27. The van der Waals surface area contributed by atoms with E-state index >= 15 is 0 Å². The van der Waals surface area contributed by atoms with E-state index < -0.39 is 5.82 Å². The summed E-state index contributed by atoms with van der Waals surface area (Å²) in [5, 5.41) is 2.48. The van der Waals surface area contributed by atoms with Gasteiger partial charge in [-0.05, 0) is 42.5 Å². The Morgan fingerprint density at radius 3 is 2.71 bits per heavy atom. The zero-order chi connectivity index (χ0) is 22.0. The summed E-state index contributed by atoms with van der Waals surface area (Å²) in [5.41, 5.74) is 3.08. The first-order valence-electron chi connectivity index (χ1n) is 9.27. The number of methoxy groups -OCH3 is 1. The summed E-state index contributed by atoms with van der Waals surface area (Å²) in [7, 11) is 2.98. The number of aromatic nitrogens is 3. The number of fused-ring (bicyclic) bond motifs is 1. The summed E-state index contributed by atoms with van der Waals surface area (Å²) in [6.45, 7) is 0. The van der Waals surface area contributed by atoms with Gasteiger partial charge in [-0.1, -0.05) is 0 Å². The average Bonchev–Trinajstić information content (AvgIpc) is 3.22. The third-order valence-electron chi connectivity index (χ3n) is 4.85. The van der Waals surface area contributed by atoms with Crippen LogP contribution in [0.5, 0.6) is 5.75 Å². The van der Waals surface area contributed by atoms with Crippen molar-refractivity contribution in [1.29, 1.82) is 0 Å². The number of amides is 2. The number of ether oxygens (including phenoxy) is 1. The number of carbonyl (C=O) groups is 2. The summed E-state index contributed by atoms with van der Waals surface area (Å²) >= 11 is 0. The maximum Gasteiger partial charge on any atom is 0.258 e. The first-order valence-corrected chi connectivity index (χ1v) is 9.27. The molecule has 0 aliphatic carbocycles. The highest BCUT2D eigenvalue weighted by Gasteiger charge is 2.17. The summed E-state index contributed by atoms with van der Waals surface area (Å²) in [5.74, 6) is -0.284. The average molecular weight is 419 g/mol. The summed E-state index contributed by atoms with van der Waals surface area (Å²) < 4.78 is 20.5. The van der Waals surface area contributed by atoms with Crippen LogP contribution in [0, 0.1) is 5.82 Å². The molecule has 0 fully saturated rings. The van der Waals surface area contributed by atoms with Crippen LogP contribution in [0.3, 0.4) is 0 Å². The van der Waals surface area contributed by atoms with Gasteiger partial charge in [-0.2, -0.15) is 0 Å². The van der Waals surface area contributed by atoms with E-state index in [4.69, 9.17) is 4.74 Å². The van der Waals surface area contributed by atoms with E-state index in [9.17, 15) is 14.0 Å². The second-order valence-corrected chi connectivity index (χ2v) is 6.66. The number of hydrogen-bond acceptors (Lipinski definition) is 5. The lowest BCUT2D eigenvalue weighted by atomic mass is 10.1. The monoisotopic (exact) mass is 419 g/mol. The molecule has 4 rings (SSSR count). The van der Waals surface area contributed by atoms with Crippen molar-refractivity contribution < 1.29 is 18.7 Å². The number of nitrogens with one attached hydrogen (secondary N) is 1. The molecule has 0 radical (unpaired) electrons. The van der Waals surface area contributed by atoms with Crippen LogP contribution >= 0.6 is 0 Å². The van der Waals surface area contributed by atoms with Crippen molar-refractivity contribution >= 4 is 34.9 Å². The van der Waals surface area contributed by atoms with Crippen LogP contribution in [0.4, 0.5) is 15.9 Å². The Balaban J connectivity index is 1.68. The van der Waals surface area contributed by atoms with Crippen LogP contribution in [0.15, 0.2) is 61.1 Å². The van der Waals surface area contributed by atoms with Crippen molar-refractivity contribution in [3.05, 3.63) is 72.4 Å². The van der Waals surface area contributed by atoms with Crippen LogP contribution in [0.25, 0.3) is 16.7 Å². The van der Waals surface area contributed by atoms with Crippen LogP contribution in [-0.2, 0) is 4.79 Å². The quantitative estimate of drug-likeness (QED) is 0.484. The van der Waals surface area contributed by atoms with Crippen molar-refractivity contribution in [2.75, 3.05) is 24.4 Å². The highest BCUT2D eigenvalue weighted by atomic mass is 19.1. The maximum atomic E-state index is 13.7. The van der Waals surface area contributed by atoms with Crippen LogP contribution in [0.1, 0.15) is 10.4 Å². The molecule has 0 spiro atoms. The van der Waals surface area contributed by atoms with E-state index in [1.807, 2.05) is 0 Å². The number of rotatable bonds is 6. The summed E-state index contributed by atoms with van der Waals surface area (Å²) in [6.07, 6.45) is 3.79. The van der Waals surface area contributed by atoms with Crippen molar-refractivity contribution in [1.82, 2.24) is 14.5 Å². The lowest BCUT2D eigenvalue weighted by Crippen LogP contribution is -2.26. The number of anilines is 2. The molecule has 2 amide bonds. The number of pyridine rings is 1. The van der Waals surface area contributed by atoms with Crippen molar-refractivity contribution in [3.63, 3.8) is 0 Å². The molecule has 0 aliphatic heterocycles. The standard InChI is InChI=1S/C22H18FN5O3/c1-27(15-4-6-17(23)20(10-15)31-2)22(30)14-3-7-18-19(9-14)28(12-25-18)16-5-8-21(24-11-16)26-13-29/h3-13H,1-2H3,(H,24,26,29). The van der Waals surface area contributed by atoms with Gasteiger partial charge in [-0.3, -0.25) is 14.2 Å². The molecule has 2 heterocycles. The molecule has 0 unspecified atom stereocenters. The molecular formula is C22H18FN5O3. The van der Waals surface area contributed by atoms with E-state index in [0.717, 1.165) is 5.69 Å². The molecule has 156 valence electrons. The highest BCUT2D eigenvalue weighted by Crippen LogP contribution is 2.26. The second kappa shape index (κ2) is 8.23. The first kappa shape index (κ1) is 20.0. The number of nitrogens with zero attached hydrogens (tertiary/aromatic N) is 4. The Kier molecular flexibility index (Phi) is 5.31. The zero-order valence-corrected chi connectivity index (χ0v) is 16.7. The topological polar surface area (TPSA) is 89.4 Å². The van der Waals surface area contributed by atoms with Crippen molar-refractivity contribution in [2.45, 2.75) is 0 Å². The maximum absolute atomic E-state index is 13.7. The van der Waals surface area contributed by atoms with Crippen LogP contribution in [0.2, 0.25) is 0 Å². The van der Waals surface area contributed by atoms with E-state index in [1.165, 1.54) is 30.2 Å². The predicted molar refractivity (Wildman–Crippen MR) is 114 cm³/mol. The Morgan fingerprint density at radius 2 is 2.00 bits per heavy atom. The molecule has 8 nitrogen and oxygen atoms in total. The molecule has 2 aromatic heterocycles. The number of halogens is 1. The van der Waals surface area contributed by atoms with Crippen molar-refractivity contribution in [3.8, 4) is 11.4 Å². The molecule has 0 saturated heterocycles. The normalized spacial score (nSPS) is 10.7. The lowest BCUT2D eigenvalue weighted by Gasteiger charge is -2.18. The molecule has 31 heavy (non-hydrogen) atoms. The zero-order valence-electron chi connectivity index (χ0n) is 16.7. The van der Waals surface area contributed by atoms with Gasteiger partial charge in [0.1, 0.15) is 12.1 Å².